The topological polar surface area (TPSA) is 31.4 Å². The van der Waals surface area contributed by atoms with Crippen LogP contribution in [0.5, 0.6) is 0 Å². The van der Waals surface area contributed by atoms with Gasteiger partial charge in [-0.3, -0.25) is 0 Å². The van der Waals surface area contributed by atoms with Gasteiger partial charge in [-0.2, -0.15) is 0 Å². The first-order chi connectivity index (χ1) is 8.78. The fourth-order valence-electron chi connectivity index (χ4n) is 2.34. The quantitative estimate of drug-likeness (QED) is 0.878. The summed E-state index contributed by atoms with van der Waals surface area (Å²) in [6.07, 6.45) is 1.03. The van der Waals surface area contributed by atoms with E-state index >= 15 is 0 Å². The van der Waals surface area contributed by atoms with Crippen molar-refractivity contribution in [1.29, 1.82) is 0 Å². The average molecular weight is 268 g/mol. The van der Waals surface area contributed by atoms with Gasteiger partial charge in [0.05, 0.1) is 5.69 Å². The van der Waals surface area contributed by atoms with Gasteiger partial charge in [0.1, 0.15) is 0 Å². The lowest BCUT2D eigenvalue weighted by Gasteiger charge is -2.33. The largest absolute Gasteiger partial charge is 0.346 e. The van der Waals surface area contributed by atoms with Gasteiger partial charge >= 0.3 is 0 Å². The van der Waals surface area contributed by atoms with Crippen molar-refractivity contribution < 1.29 is 0 Å². The number of rotatable bonds is 5. The molecule has 1 N–H and O–H groups in total. The first-order valence-electron chi connectivity index (χ1n) is 6.89. The summed E-state index contributed by atoms with van der Waals surface area (Å²) < 4.78 is 0. The monoisotopic (exact) mass is 268 g/mol. The molecule has 1 saturated heterocycles. The van der Waals surface area contributed by atoms with Gasteiger partial charge in [0, 0.05) is 37.6 Å². The van der Waals surface area contributed by atoms with Gasteiger partial charge < -0.3 is 15.1 Å². The third-order valence-electron chi connectivity index (χ3n) is 3.53. The molecule has 1 aliphatic rings. The molecule has 0 amide bonds. The van der Waals surface area contributed by atoms with Crippen LogP contribution in [-0.4, -0.2) is 49.7 Å². The van der Waals surface area contributed by atoms with E-state index in [9.17, 15) is 0 Å². The van der Waals surface area contributed by atoms with Crippen LogP contribution < -0.4 is 10.2 Å². The van der Waals surface area contributed by atoms with Crippen molar-refractivity contribution >= 4 is 16.5 Å². The highest BCUT2D eigenvalue weighted by Gasteiger charge is 2.19. The third kappa shape index (κ3) is 3.02. The normalized spacial score (nSPS) is 17.4. The number of aromatic nitrogens is 1. The maximum atomic E-state index is 4.81. The number of thiazole rings is 1. The summed E-state index contributed by atoms with van der Waals surface area (Å²) in [4.78, 5) is 11.1. The number of hydrogen-bond donors (Lipinski definition) is 1. The molecule has 18 heavy (non-hydrogen) atoms. The second kappa shape index (κ2) is 6.50. The fourth-order valence-corrected chi connectivity index (χ4v) is 3.55. The summed E-state index contributed by atoms with van der Waals surface area (Å²) in [5.74, 6) is 0. The molecule has 0 bridgehead atoms. The van der Waals surface area contributed by atoms with Crippen LogP contribution in [0.1, 0.15) is 24.4 Å². The SMILES string of the molecule is CCc1nc(N2CCN(CC)CC2)sc1CNC. The molecule has 5 heteroatoms. The third-order valence-corrected chi connectivity index (χ3v) is 4.69. The van der Waals surface area contributed by atoms with Crippen LogP contribution in [0.2, 0.25) is 0 Å². The molecular weight excluding hydrogens is 244 g/mol. The van der Waals surface area contributed by atoms with Gasteiger partial charge in [0.15, 0.2) is 5.13 Å². The maximum absolute atomic E-state index is 4.81. The summed E-state index contributed by atoms with van der Waals surface area (Å²) >= 11 is 1.86. The lowest BCUT2D eigenvalue weighted by Crippen LogP contribution is -2.46. The lowest BCUT2D eigenvalue weighted by molar-refractivity contribution is 0.271. The molecule has 0 unspecified atom stereocenters. The Labute approximate surface area is 114 Å². The number of aryl methyl sites for hydroxylation is 1. The minimum absolute atomic E-state index is 0.940. The number of piperazine rings is 1. The Morgan fingerprint density at radius 1 is 1.22 bits per heavy atom. The molecule has 0 spiro atoms. The summed E-state index contributed by atoms with van der Waals surface area (Å²) in [6, 6.07) is 0. The van der Waals surface area contributed by atoms with Gasteiger partial charge in [-0.25, -0.2) is 4.98 Å². The van der Waals surface area contributed by atoms with Crippen LogP contribution in [0, 0.1) is 0 Å². The fraction of sp³-hybridized carbons (Fsp3) is 0.769. The molecule has 1 aromatic heterocycles. The zero-order valence-corrected chi connectivity index (χ0v) is 12.5. The van der Waals surface area contributed by atoms with Crippen molar-refractivity contribution in [2.45, 2.75) is 26.8 Å². The van der Waals surface area contributed by atoms with Gasteiger partial charge in [0.2, 0.25) is 0 Å². The van der Waals surface area contributed by atoms with Crippen LogP contribution >= 0.6 is 11.3 Å². The van der Waals surface area contributed by atoms with Crippen LogP contribution in [0.3, 0.4) is 0 Å². The number of hydrogen-bond acceptors (Lipinski definition) is 5. The molecule has 0 saturated carbocycles. The van der Waals surface area contributed by atoms with Gasteiger partial charge in [0.25, 0.3) is 0 Å². The number of anilines is 1. The Balaban J connectivity index is 2.05. The predicted molar refractivity (Wildman–Crippen MR) is 78.6 cm³/mol. The van der Waals surface area contributed by atoms with Crippen LogP contribution in [0.25, 0.3) is 0 Å². The van der Waals surface area contributed by atoms with Crippen molar-refractivity contribution in [3.63, 3.8) is 0 Å². The van der Waals surface area contributed by atoms with Gasteiger partial charge in [-0.15, -0.1) is 11.3 Å². The second-order valence-corrected chi connectivity index (χ2v) is 5.73. The Bertz CT molecular complexity index is 369. The van der Waals surface area contributed by atoms with Crippen molar-refractivity contribution in [2.24, 2.45) is 0 Å². The Morgan fingerprint density at radius 2 is 1.94 bits per heavy atom. The van der Waals surface area contributed by atoms with Gasteiger partial charge in [-0.05, 0) is 20.0 Å². The van der Waals surface area contributed by atoms with E-state index in [2.05, 4.69) is 29.0 Å². The number of nitrogens with zero attached hydrogens (tertiary/aromatic N) is 3. The van der Waals surface area contributed by atoms with Crippen molar-refractivity contribution in [2.75, 3.05) is 44.7 Å². The molecule has 0 aliphatic carbocycles. The van der Waals surface area contributed by atoms with E-state index in [4.69, 9.17) is 4.98 Å². The van der Waals surface area contributed by atoms with Crippen molar-refractivity contribution in [3.8, 4) is 0 Å². The summed E-state index contributed by atoms with van der Waals surface area (Å²) in [5, 5.41) is 4.45. The molecule has 0 atom stereocenters. The summed E-state index contributed by atoms with van der Waals surface area (Å²) in [7, 11) is 2.00. The minimum atomic E-state index is 0.940. The average Bonchev–Trinajstić information content (AvgIpc) is 2.82. The Morgan fingerprint density at radius 3 is 2.50 bits per heavy atom. The molecule has 2 rings (SSSR count). The summed E-state index contributed by atoms with van der Waals surface area (Å²) in [5.41, 5.74) is 1.27. The molecular formula is C13H24N4S. The lowest BCUT2D eigenvalue weighted by atomic mass is 10.3. The van der Waals surface area contributed by atoms with Crippen LogP contribution in [0.15, 0.2) is 0 Å². The molecule has 2 heterocycles. The van der Waals surface area contributed by atoms with E-state index in [-0.39, 0.29) is 0 Å². The highest BCUT2D eigenvalue weighted by atomic mass is 32.1. The molecule has 0 radical (unpaired) electrons. The first kappa shape index (κ1) is 13.8. The first-order valence-corrected chi connectivity index (χ1v) is 7.70. The van der Waals surface area contributed by atoms with E-state index in [0.29, 0.717) is 0 Å². The minimum Gasteiger partial charge on any atom is -0.346 e. The van der Waals surface area contributed by atoms with E-state index < -0.39 is 0 Å². The van der Waals surface area contributed by atoms with Crippen LogP contribution in [0.4, 0.5) is 5.13 Å². The van der Waals surface area contributed by atoms with Crippen molar-refractivity contribution in [3.05, 3.63) is 10.6 Å². The zero-order chi connectivity index (χ0) is 13.0. The number of nitrogens with one attached hydrogen (secondary N) is 1. The highest BCUT2D eigenvalue weighted by Crippen LogP contribution is 2.27. The van der Waals surface area contributed by atoms with E-state index in [1.165, 1.54) is 28.8 Å². The summed E-state index contributed by atoms with van der Waals surface area (Å²) in [6.45, 7) is 11.1. The second-order valence-electron chi connectivity index (χ2n) is 4.67. The molecule has 4 nitrogen and oxygen atoms in total. The number of likely N-dealkylation sites (N-methyl/N-ethyl adjacent to an activating group) is 1. The molecule has 0 aromatic carbocycles. The molecule has 1 aliphatic heterocycles. The predicted octanol–water partition coefficient (Wildman–Crippen LogP) is 1.57. The zero-order valence-electron chi connectivity index (χ0n) is 11.7. The molecule has 1 fully saturated rings. The van der Waals surface area contributed by atoms with Crippen molar-refractivity contribution in [1.82, 2.24) is 15.2 Å². The van der Waals surface area contributed by atoms with E-state index in [0.717, 1.165) is 32.6 Å². The van der Waals surface area contributed by atoms with E-state index in [1.807, 2.05) is 18.4 Å². The van der Waals surface area contributed by atoms with Crippen LogP contribution in [-0.2, 0) is 13.0 Å². The van der Waals surface area contributed by atoms with Gasteiger partial charge in [-0.1, -0.05) is 13.8 Å². The smallest absolute Gasteiger partial charge is 0.185 e. The Hall–Kier alpha value is -0.650. The standard InChI is InChI=1S/C13H24N4S/c1-4-11-12(10-14-3)18-13(15-11)17-8-6-16(5-2)7-9-17/h14H,4-10H2,1-3H3. The highest BCUT2D eigenvalue weighted by molar-refractivity contribution is 7.15. The maximum Gasteiger partial charge on any atom is 0.185 e. The molecule has 102 valence electrons. The Kier molecular flexibility index (Phi) is 4.97. The van der Waals surface area contributed by atoms with E-state index in [1.54, 1.807) is 0 Å². The molecule has 1 aromatic rings.